The first-order valence-electron chi connectivity index (χ1n) is 13.3. The summed E-state index contributed by atoms with van der Waals surface area (Å²) in [6.45, 7) is -9.47. The second kappa shape index (κ2) is 13.1. The summed E-state index contributed by atoms with van der Waals surface area (Å²) in [6.07, 6.45) is -5.60. The summed E-state index contributed by atoms with van der Waals surface area (Å²) < 4.78 is 39.0. The van der Waals surface area contributed by atoms with Crippen molar-refractivity contribution in [2.24, 2.45) is 0 Å². The van der Waals surface area contributed by atoms with Gasteiger partial charge in [0, 0.05) is 0 Å². The zero-order chi connectivity index (χ0) is 32.7. The normalized spacial score (nSPS) is 35.6. The zero-order valence-corrected chi connectivity index (χ0v) is 28.3. The minimum absolute atomic E-state index is 0. The first-order valence-corrected chi connectivity index (χ1v) is 18.6. The molecule has 4 aromatic rings. The van der Waals surface area contributed by atoms with E-state index in [0.29, 0.717) is 0 Å². The van der Waals surface area contributed by atoms with Gasteiger partial charge in [-0.1, -0.05) is 11.8 Å². The zero-order valence-electron chi connectivity index (χ0n) is 24.9. The molecular weight excluding hydrogens is 722 g/mol. The van der Waals surface area contributed by atoms with E-state index in [1.807, 2.05) is 0 Å². The summed E-state index contributed by atoms with van der Waals surface area (Å²) in [5.74, 6) is -0.428. The third kappa shape index (κ3) is 6.41. The van der Waals surface area contributed by atoms with E-state index in [4.69, 9.17) is 54.0 Å². The number of fused-ring (bicyclic) bond motifs is 4. The molecule has 3 fully saturated rings. The maximum Gasteiger partial charge on any atom is 0.280 e. The first kappa shape index (κ1) is 36.4. The fraction of sp³-hybridized carbons (Fsp3) is 0.500. The van der Waals surface area contributed by atoms with Gasteiger partial charge in [0.05, 0.1) is 44.6 Å². The van der Waals surface area contributed by atoms with Gasteiger partial charge < -0.3 is 74.2 Å². The number of nitrogen functional groups attached to an aromatic ring is 2. The quantitative estimate of drug-likeness (QED) is 0.0715. The highest BCUT2D eigenvalue weighted by Crippen LogP contribution is 2.47. The lowest BCUT2D eigenvalue weighted by atomic mass is 10.1. The molecule has 24 nitrogen and oxygen atoms in total. The molecule has 48 heavy (non-hydrogen) atoms. The number of quaternary nitrogens is 2. The Morgan fingerprint density at radius 2 is 1.31 bits per heavy atom. The predicted molar refractivity (Wildman–Crippen MR) is 172 cm³/mol. The van der Waals surface area contributed by atoms with Crippen molar-refractivity contribution < 1.29 is 38.2 Å². The van der Waals surface area contributed by atoms with Crippen molar-refractivity contribution >= 4 is 71.6 Å². The second-order valence-electron chi connectivity index (χ2n) is 10.6. The second-order valence-corrected chi connectivity index (χ2v) is 16.5. The van der Waals surface area contributed by atoms with Crippen LogP contribution in [0.1, 0.15) is 12.5 Å². The van der Waals surface area contributed by atoms with E-state index in [9.17, 15) is 29.3 Å². The Bertz CT molecular complexity index is 1920. The average Bonchev–Trinajstić information content (AvgIpc) is 3.72. The van der Waals surface area contributed by atoms with Crippen LogP contribution in [0, 0.1) is 0 Å². The Balaban J connectivity index is 0.00000225. The molecule has 28 heteroatoms. The molecule has 18 N–H and O–H groups in total. The molecule has 10 atom stereocenters. The summed E-state index contributed by atoms with van der Waals surface area (Å²) in [6, 6.07) is -2.49. The van der Waals surface area contributed by atoms with Gasteiger partial charge in [-0.2, -0.15) is 9.97 Å². The van der Waals surface area contributed by atoms with E-state index < -0.39 is 86.7 Å². The Morgan fingerprint density at radius 1 is 0.875 bits per heavy atom. The lowest BCUT2D eigenvalue weighted by Gasteiger charge is -2.38. The van der Waals surface area contributed by atoms with Crippen LogP contribution in [0.5, 0.6) is 0 Å². The summed E-state index contributed by atoms with van der Waals surface area (Å²) in [7, 11) is 0. The van der Waals surface area contributed by atoms with Crippen LogP contribution in [0.15, 0.2) is 22.2 Å². The van der Waals surface area contributed by atoms with Gasteiger partial charge in [0.2, 0.25) is 11.9 Å². The molecule has 7 heterocycles. The van der Waals surface area contributed by atoms with Gasteiger partial charge in [0.15, 0.2) is 34.8 Å². The monoisotopic (exact) mass is 754 g/mol. The van der Waals surface area contributed by atoms with Gasteiger partial charge in [0.1, 0.15) is 31.1 Å². The third-order valence-electron chi connectivity index (χ3n) is 7.63. The number of anilines is 2. The van der Waals surface area contributed by atoms with Crippen molar-refractivity contribution in [3.8, 4) is 0 Å². The van der Waals surface area contributed by atoms with Crippen molar-refractivity contribution in [3.63, 3.8) is 0 Å². The molecule has 0 radical (unpaired) electrons. The summed E-state index contributed by atoms with van der Waals surface area (Å²) >= 11 is 10.4. The molecular formula is C20H32N14O10P2S2. The van der Waals surface area contributed by atoms with E-state index in [1.165, 1.54) is 21.8 Å². The third-order valence-corrected chi connectivity index (χ3v) is 11.1. The Morgan fingerprint density at radius 3 is 1.79 bits per heavy atom. The number of imidazole rings is 2. The number of nitrogens with two attached hydrogens (primary N) is 2. The number of hydrogen-bond donors (Lipinski definition) is 10. The van der Waals surface area contributed by atoms with Crippen molar-refractivity contribution in [1.82, 2.24) is 61.5 Å². The van der Waals surface area contributed by atoms with Crippen LogP contribution in [0.2, 0.25) is 0 Å². The molecule has 7 rings (SSSR count). The number of aliphatic hydroxyl groups is 2. The fourth-order valence-corrected chi connectivity index (χ4v) is 8.89. The van der Waals surface area contributed by atoms with E-state index in [-0.39, 0.29) is 46.5 Å². The van der Waals surface area contributed by atoms with E-state index in [2.05, 4.69) is 40.1 Å². The number of hydrogen-bond acceptors (Lipinski definition) is 18. The summed E-state index contributed by atoms with van der Waals surface area (Å²) in [4.78, 5) is 58.8. The number of nitrogens with zero attached hydrogens (tertiary/aromatic N) is 6. The highest BCUT2D eigenvalue weighted by Gasteiger charge is 2.49. The smallest absolute Gasteiger partial charge is 0.280 e. The van der Waals surface area contributed by atoms with Crippen LogP contribution in [-0.4, -0.2) is 99.0 Å². The highest BCUT2D eigenvalue weighted by atomic mass is 32.7. The topological polar surface area (TPSA) is 394 Å². The average molecular weight is 755 g/mol. The molecule has 2 unspecified atom stereocenters. The Hall–Kier alpha value is -2.91. The van der Waals surface area contributed by atoms with Gasteiger partial charge in [-0.25, -0.2) is 9.97 Å². The van der Waals surface area contributed by atoms with Gasteiger partial charge in [-0.3, -0.25) is 38.9 Å². The van der Waals surface area contributed by atoms with Gasteiger partial charge in [-0.05, 0) is 0 Å². The van der Waals surface area contributed by atoms with Crippen molar-refractivity contribution in [1.29, 1.82) is 0 Å². The maximum absolute atomic E-state index is 13.5. The molecule has 0 saturated carbocycles. The predicted octanol–water partition coefficient (Wildman–Crippen LogP) is -3.11. The van der Waals surface area contributed by atoms with Crippen LogP contribution < -0.4 is 50.0 Å². The minimum Gasteiger partial charge on any atom is -0.789 e. The lowest BCUT2D eigenvalue weighted by molar-refractivity contribution is -0.190. The molecule has 0 spiro atoms. The molecule has 0 aromatic carbocycles. The number of ether oxygens (including phenoxy) is 2. The molecule has 3 aliphatic heterocycles. The summed E-state index contributed by atoms with van der Waals surface area (Å²) in [5.41, 5.74) is 9.90. The number of aliphatic hydroxyl groups excluding tert-OH is 2. The number of rotatable bonds is 2. The SMILES string of the molecule is Nc1nc2c(ncn2[C@@H]2O[C@@H]3COP([O-])(=S)N[C@H]4[C@@H](O)[C@H](n5cnc6c(=O)[nH]c(N)nc65)O[C@@H]4COP(=O)([S-])N[C@H]3[C@H]2O)c(=O)[nH]1.[NH4+].[NH4+]. The fourth-order valence-electron chi connectivity index (χ4n) is 5.59. The van der Waals surface area contributed by atoms with E-state index >= 15 is 0 Å². The van der Waals surface area contributed by atoms with Crippen molar-refractivity contribution in [2.75, 3.05) is 24.7 Å². The number of aromatic amines is 2. The van der Waals surface area contributed by atoms with E-state index in [1.54, 1.807) is 0 Å². The van der Waals surface area contributed by atoms with Crippen molar-refractivity contribution in [2.45, 2.75) is 49.0 Å². The van der Waals surface area contributed by atoms with Crippen molar-refractivity contribution in [3.05, 3.63) is 33.4 Å². The van der Waals surface area contributed by atoms with Crippen LogP contribution in [-0.2, 0) is 47.1 Å². The molecule has 3 saturated heterocycles. The molecule has 4 aromatic heterocycles. The van der Waals surface area contributed by atoms with Crippen LogP contribution in [0.3, 0.4) is 0 Å². The molecule has 0 bridgehead atoms. The Labute approximate surface area is 278 Å². The molecule has 3 aliphatic rings. The number of H-pyrrole nitrogens is 2. The van der Waals surface area contributed by atoms with Crippen LogP contribution >= 0.6 is 13.4 Å². The van der Waals surface area contributed by atoms with Gasteiger partial charge >= 0.3 is 0 Å². The highest BCUT2D eigenvalue weighted by molar-refractivity contribution is 8.33. The largest absolute Gasteiger partial charge is 0.789 e. The maximum atomic E-state index is 13.5. The molecule has 264 valence electrons. The number of nitrogens with one attached hydrogen (secondary N) is 4. The van der Waals surface area contributed by atoms with Crippen LogP contribution in [0.25, 0.3) is 22.3 Å². The standard InChI is InChI=1S/C20H26N12O10P2S2.2H3N/c21-19-25-13-9(15(35)27-19)23-3-31(13)17-11(33)7-5(41-17)1-39-43(37,45)30-8-6(2-40-44(38,46)29-7)42-18(12(8)34)32-4-24-10-14(32)26-20(22)28-16(10)36;;/h3-8,11-12,17-18,33-34H,1-2H2,(H2,29,38,46)(H2,30,37,45)(H3,21,25,27,35)(H3,22,26,28,36);2*1H3/t5-,6-,7-,8-,11-,12-,17-,18-,43?,44?;;/m1../s1. The lowest BCUT2D eigenvalue weighted by Crippen LogP contribution is -2.49. The van der Waals surface area contributed by atoms with Gasteiger partial charge in [0.25, 0.3) is 11.1 Å². The molecule has 0 aliphatic carbocycles. The summed E-state index contributed by atoms with van der Waals surface area (Å²) in [5, 5.41) is 27.8. The van der Waals surface area contributed by atoms with E-state index in [0.717, 1.165) is 0 Å². The van der Waals surface area contributed by atoms with Crippen LogP contribution in [0.4, 0.5) is 11.9 Å². The first-order chi connectivity index (χ1) is 21.7. The molecule has 0 amide bonds. The number of aromatic nitrogens is 8. The Kier molecular flexibility index (Phi) is 9.92. The van der Waals surface area contributed by atoms with Gasteiger partial charge in [-0.15, -0.1) is 0 Å². The minimum atomic E-state index is -4.20.